The number of hydrogen-bond acceptors (Lipinski definition) is 4. The lowest BCUT2D eigenvalue weighted by Gasteiger charge is -2.41. The zero-order valence-electron chi connectivity index (χ0n) is 14.5. The molecule has 2 rings (SSSR count). The number of carbonyl (C=O) groups excluding carboxylic acids is 1. The van der Waals surface area contributed by atoms with Crippen LogP contribution in [0, 0.1) is 23.7 Å². The van der Waals surface area contributed by atoms with Crippen molar-refractivity contribution < 1.29 is 17.9 Å². The van der Waals surface area contributed by atoms with E-state index >= 15 is 0 Å². The number of alkyl halides is 1. The summed E-state index contributed by atoms with van der Waals surface area (Å²) in [6, 6.07) is 8.28. The van der Waals surface area contributed by atoms with Crippen molar-refractivity contribution in [3.8, 4) is 0 Å². The molecule has 0 saturated carbocycles. The maximum absolute atomic E-state index is 12.7. The van der Waals surface area contributed by atoms with Crippen LogP contribution in [0.25, 0.3) is 0 Å². The van der Waals surface area contributed by atoms with Gasteiger partial charge in [0.2, 0.25) is 0 Å². The Bertz CT molecular complexity index is 674. The molecule has 0 spiro atoms. The van der Waals surface area contributed by atoms with E-state index in [9.17, 15) is 13.2 Å². The molecule has 0 aliphatic carbocycles. The summed E-state index contributed by atoms with van der Waals surface area (Å²) >= 11 is 3.49. The van der Waals surface area contributed by atoms with E-state index in [1.54, 1.807) is 30.3 Å². The van der Waals surface area contributed by atoms with Gasteiger partial charge in [-0.2, -0.15) is 0 Å². The minimum Gasteiger partial charge on any atom is -0.458 e. The van der Waals surface area contributed by atoms with E-state index in [1.165, 1.54) is 0 Å². The number of ether oxygens (including phenoxy) is 1. The van der Waals surface area contributed by atoms with Crippen molar-refractivity contribution in [2.45, 2.75) is 38.2 Å². The van der Waals surface area contributed by atoms with Gasteiger partial charge in [-0.1, -0.05) is 61.8 Å². The number of carbonyl (C=O) groups is 1. The third-order valence-corrected chi connectivity index (χ3v) is 7.60. The van der Waals surface area contributed by atoms with Crippen LogP contribution < -0.4 is 0 Å². The van der Waals surface area contributed by atoms with Crippen LogP contribution in [0.5, 0.6) is 0 Å². The average Bonchev–Trinajstić information content (AvgIpc) is 2.81. The average molecular weight is 417 g/mol. The van der Waals surface area contributed by atoms with Crippen LogP contribution in [-0.4, -0.2) is 31.1 Å². The number of hydrogen-bond donors (Lipinski definition) is 0. The third-order valence-electron chi connectivity index (χ3n) is 5.12. The summed E-state index contributed by atoms with van der Waals surface area (Å²) in [5.41, 5.74) is -0.641. The Kier molecular flexibility index (Phi) is 5.80. The molecule has 0 radical (unpaired) electrons. The van der Waals surface area contributed by atoms with Gasteiger partial charge < -0.3 is 4.74 Å². The minimum atomic E-state index is -3.54. The van der Waals surface area contributed by atoms with E-state index in [1.807, 2.05) is 27.7 Å². The minimum absolute atomic E-state index is 0.105. The van der Waals surface area contributed by atoms with Gasteiger partial charge in [0.25, 0.3) is 0 Å². The van der Waals surface area contributed by atoms with Gasteiger partial charge in [0.05, 0.1) is 16.6 Å². The van der Waals surface area contributed by atoms with Crippen LogP contribution >= 0.6 is 15.9 Å². The van der Waals surface area contributed by atoms with Gasteiger partial charge in [-0.05, 0) is 24.0 Å². The molecule has 6 heteroatoms. The van der Waals surface area contributed by atoms with E-state index in [0.717, 1.165) is 0 Å². The van der Waals surface area contributed by atoms with Gasteiger partial charge in [-0.25, -0.2) is 8.42 Å². The summed E-state index contributed by atoms with van der Waals surface area (Å²) in [6.45, 7) is 8.10. The van der Waals surface area contributed by atoms with E-state index < -0.39 is 27.3 Å². The molecule has 2 atom stereocenters. The summed E-state index contributed by atoms with van der Waals surface area (Å²) < 4.78 is 31.3. The second-order valence-corrected chi connectivity index (χ2v) is 9.73. The predicted molar refractivity (Wildman–Crippen MR) is 97.8 cm³/mol. The molecule has 4 nitrogen and oxygen atoms in total. The second kappa shape index (κ2) is 7.16. The molecule has 134 valence electrons. The molecule has 0 N–H and O–H groups in total. The highest BCUT2D eigenvalue weighted by molar-refractivity contribution is 9.09. The van der Waals surface area contributed by atoms with E-state index in [0.29, 0.717) is 5.33 Å². The van der Waals surface area contributed by atoms with Gasteiger partial charge in [0.1, 0.15) is 5.60 Å². The number of rotatable bonds is 6. The number of halogens is 1. The standard InChI is InChI=1S/C18H25BrO4S/c1-12(2)18(13(3)4)16(10-19)15(17(20)23-18)11-24(21,22)14-8-6-5-7-9-14/h5-9,12-13,15-16H,10-11H2,1-4H3/t15-,16-/m1/s1. The molecule has 0 amide bonds. The number of benzene rings is 1. The molecule has 24 heavy (non-hydrogen) atoms. The summed E-state index contributed by atoms with van der Waals surface area (Å²) in [4.78, 5) is 12.8. The maximum Gasteiger partial charge on any atom is 0.311 e. The quantitative estimate of drug-likeness (QED) is 0.523. The monoisotopic (exact) mass is 416 g/mol. The second-order valence-electron chi connectivity index (χ2n) is 7.05. The Morgan fingerprint density at radius 2 is 1.67 bits per heavy atom. The van der Waals surface area contributed by atoms with Crippen LogP contribution in [0.3, 0.4) is 0 Å². The van der Waals surface area contributed by atoms with Gasteiger partial charge >= 0.3 is 5.97 Å². The molecular formula is C18H25BrO4S. The highest BCUT2D eigenvalue weighted by atomic mass is 79.9. The van der Waals surface area contributed by atoms with Gasteiger partial charge in [0.15, 0.2) is 9.84 Å². The first kappa shape index (κ1) is 19.4. The van der Waals surface area contributed by atoms with Crippen LogP contribution in [-0.2, 0) is 19.4 Å². The summed E-state index contributed by atoms with van der Waals surface area (Å²) in [7, 11) is -3.54. The lowest BCUT2D eigenvalue weighted by molar-refractivity contribution is -0.160. The zero-order valence-corrected chi connectivity index (χ0v) is 16.9. The van der Waals surface area contributed by atoms with Gasteiger partial charge in [0, 0.05) is 11.2 Å². The molecule has 1 aromatic carbocycles. The summed E-state index contributed by atoms with van der Waals surface area (Å²) in [5.74, 6) is -1.24. The van der Waals surface area contributed by atoms with Crippen molar-refractivity contribution in [2.75, 3.05) is 11.1 Å². The lowest BCUT2D eigenvalue weighted by atomic mass is 9.70. The Labute approximate surface area is 153 Å². The molecule has 1 fully saturated rings. The first-order valence-corrected chi connectivity index (χ1v) is 11.0. The summed E-state index contributed by atoms with van der Waals surface area (Å²) in [6.07, 6.45) is 0. The van der Waals surface area contributed by atoms with Crippen LogP contribution in [0.15, 0.2) is 35.2 Å². The highest BCUT2D eigenvalue weighted by Crippen LogP contribution is 2.48. The van der Waals surface area contributed by atoms with E-state index in [4.69, 9.17) is 4.74 Å². The van der Waals surface area contributed by atoms with Crippen molar-refractivity contribution in [3.63, 3.8) is 0 Å². The largest absolute Gasteiger partial charge is 0.458 e. The van der Waals surface area contributed by atoms with Crippen molar-refractivity contribution >= 4 is 31.7 Å². The molecule has 1 aromatic rings. The lowest BCUT2D eigenvalue weighted by Crippen LogP contribution is -2.48. The molecule has 0 aromatic heterocycles. The zero-order chi connectivity index (χ0) is 18.1. The Hall–Kier alpha value is -0.880. The van der Waals surface area contributed by atoms with Crippen molar-refractivity contribution in [1.82, 2.24) is 0 Å². The Morgan fingerprint density at radius 1 is 1.12 bits per heavy atom. The highest BCUT2D eigenvalue weighted by Gasteiger charge is 2.58. The van der Waals surface area contributed by atoms with Crippen molar-refractivity contribution in [1.29, 1.82) is 0 Å². The predicted octanol–water partition coefficient (Wildman–Crippen LogP) is 3.70. The van der Waals surface area contributed by atoms with Crippen LogP contribution in [0.1, 0.15) is 27.7 Å². The maximum atomic E-state index is 12.7. The normalized spacial score (nSPS) is 23.7. The van der Waals surface area contributed by atoms with Crippen LogP contribution in [0.2, 0.25) is 0 Å². The van der Waals surface area contributed by atoms with Crippen molar-refractivity contribution in [3.05, 3.63) is 30.3 Å². The Morgan fingerprint density at radius 3 is 2.12 bits per heavy atom. The molecule has 1 heterocycles. The number of cyclic esters (lactones) is 1. The third kappa shape index (κ3) is 3.27. The fraction of sp³-hybridized carbons (Fsp3) is 0.611. The van der Waals surface area contributed by atoms with E-state index in [-0.39, 0.29) is 28.4 Å². The SMILES string of the molecule is CC(C)C1(C(C)C)OC(=O)[C@H](CS(=O)(=O)c2ccccc2)[C@H]1CBr. The number of esters is 1. The molecule has 1 saturated heterocycles. The van der Waals surface area contributed by atoms with Crippen molar-refractivity contribution in [2.24, 2.45) is 23.7 Å². The number of sulfone groups is 1. The van der Waals surface area contributed by atoms with Gasteiger partial charge in [-0.3, -0.25) is 4.79 Å². The molecule has 1 aliphatic rings. The van der Waals surface area contributed by atoms with Crippen LogP contribution in [0.4, 0.5) is 0 Å². The van der Waals surface area contributed by atoms with E-state index in [2.05, 4.69) is 15.9 Å². The molecule has 0 unspecified atom stereocenters. The molecule has 1 aliphatic heterocycles. The smallest absolute Gasteiger partial charge is 0.311 e. The van der Waals surface area contributed by atoms with Gasteiger partial charge in [-0.15, -0.1) is 0 Å². The first-order valence-electron chi connectivity index (χ1n) is 8.23. The first-order chi connectivity index (χ1) is 11.2. The fourth-order valence-corrected chi connectivity index (χ4v) is 6.50. The summed E-state index contributed by atoms with van der Waals surface area (Å²) in [5, 5.41) is 0.532. The topological polar surface area (TPSA) is 60.4 Å². The molecular weight excluding hydrogens is 392 g/mol. The fourth-order valence-electron chi connectivity index (χ4n) is 3.94. The molecule has 0 bridgehead atoms. The Balaban J connectivity index is 2.39.